The van der Waals surface area contributed by atoms with Gasteiger partial charge < -0.3 is 9.64 Å². The lowest BCUT2D eigenvalue weighted by molar-refractivity contribution is 0.0736. The Morgan fingerprint density at radius 2 is 1.76 bits per heavy atom. The molecule has 0 spiro atoms. The maximum atomic E-state index is 13.3. The van der Waals surface area contributed by atoms with Crippen molar-refractivity contribution in [2.24, 2.45) is 0 Å². The average molecular weight is 465 g/mol. The molecule has 1 fully saturated rings. The lowest BCUT2D eigenvalue weighted by Gasteiger charge is -2.25. The van der Waals surface area contributed by atoms with Crippen molar-refractivity contribution >= 4 is 15.9 Å². The number of methoxy groups -OCH3 is 1. The van der Waals surface area contributed by atoms with Crippen LogP contribution in [0.15, 0.2) is 83.8 Å². The molecule has 3 aromatic carbocycles. The SMILES string of the molecule is COc1cccc(CC2CCCN2C(=O)c2cccc(S(=O)(=O)NCc3ccccc3)c2)c1. The van der Waals surface area contributed by atoms with Crippen LogP contribution in [0.5, 0.6) is 5.75 Å². The first-order valence-corrected chi connectivity index (χ1v) is 12.5. The Kier molecular flexibility index (Phi) is 7.11. The number of carbonyl (C=O) groups excluding carboxylic acids is 1. The highest BCUT2D eigenvalue weighted by molar-refractivity contribution is 7.89. The highest BCUT2D eigenvalue weighted by Gasteiger charge is 2.30. The van der Waals surface area contributed by atoms with Gasteiger partial charge in [-0.1, -0.05) is 48.5 Å². The third kappa shape index (κ3) is 5.61. The fourth-order valence-electron chi connectivity index (χ4n) is 4.21. The normalized spacial score (nSPS) is 16.0. The van der Waals surface area contributed by atoms with Crippen molar-refractivity contribution in [2.45, 2.75) is 36.7 Å². The minimum atomic E-state index is -3.74. The minimum Gasteiger partial charge on any atom is -0.497 e. The molecule has 0 bridgehead atoms. The van der Waals surface area contributed by atoms with Gasteiger partial charge in [0.1, 0.15) is 5.75 Å². The van der Waals surface area contributed by atoms with E-state index in [0.717, 1.165) is 36.1 Å². The number of sulfonamides is 1. The molecule has 1 aliphatic rings. The Hall–Kier alpha value is -3.16. The van der Waals surface area contributed by atoms with Crippen molar-refractivity contribution in [1.29, 1.82) is 0 Å². The second-order valence-electron chi connectivity index (χ2n) is 8.19. The molecule has 1 N–H and O–H groups in total. The van der Waals surface area contributed by atoms with Crippen molar-refractivity contribution in [3.05, 3.63) is 95.6 Å². The molecule has 1 unspecified atom stereocenters. The molecule has 1 aliphatic heterocycles. The van der Waals surface area contributed by atoms with E-state index in [1.54, 1.807) is 19.2 Å². The quantitative estimate of drug-likeness (QED) is 0.546. The fourth-order valence-corrected chi connectivity index (χ4v) is 5.27. The average Bonchev–Trinajstić information content (AvgIpc) is 3.31. The number of benzene rings is 3. The Morgan fingerprint density at radius 1 is 1.00 bits per heavy atom. The van der Waals surface area contributed by atoms with Crippen LogP contribution in [-0.4, -0.2) is 38.9 Å². The van der Waals surface area contributed by atoms with Gasteiger partial charge in [-0.25, -0.2) is 13.1 Å². The Labute approximate surface area is 195 Å². The third-order valence-corrected chi connectivity index (χ3v) is 7.34. The first kappa shape index (κ1) is 23.0. The highest BCUT2D eigenvalue weighted by Crippen LogP contribution is 2.25. The van der Waals surface area contributed by atoms with Gasteiger partial charge in [0, 0.05) is 24.7 Å². The smallest absolute Gasteiger partial charge is 0.254 e. The molecule has 6 nitrogen and oxygen atoms in total. The van der Waals surface area contributed by atoms with Crippen LogP contribution in [0.25, 0.3) is 0 Å². The Bertz CT molecular complexity index is 1210. The number of hydrogen-bond donors (Lipinski definition) is 1. The van der Waals surface area contributed by atoms with Crippen molar-refractivity contribution in [1.82, 2.24) is 9.62 Å². The van der Waals surface area contributed by atoms with E-state index < -0.39 is 10.0 Å². The van der Waals surface area contributed by atoms with Crippen LogP contribution in [0.3, 0.4) is 0 Å². The number of ether oxygens (including phenoxy) is 1. The number of carbonyl (C=O) groups is 1. The highest BCUT2D eigenvalue weighted by atomic mass is 32.2. The lowest BCUT2D eigenvalue weighted by atomic mass is 10.0. The number of rotatable bonds is 8. The molecular weight excluding hydrogens is 436 g/mol. The van der Waals surface area contributed by atoms with E-state index in [9.17, 15) is 13.2 Å². The summed E-state index contributed by atoms with van der Waals surface area (Å²) < 4.78 is 33.6. The number of amides is 1. The molecule has 0 aliphatic carbocycles. The molecule has 1 atom stereocenters. The summed E-state index contributed by atoms with van der Waals surface area (Å²) in [6, 6.07) is 23.6. The molecule has 3 aromatic rings. The van der Waals surface area contributed by atoms with Crippen LogP contribution >= 0.6 is 0 Å². The van der Waals surface area contributed by atoms with E-state index in [4.69, 9.17) is 4.74 Å². The van der Waals surface area contributed by atoms with E-state index >= 15 is 0 Å². The molecule has 172 valence electrons. The summed E-state index contributed by atoms with van der Waals surface area (Å²) in [5.41, 5.74) is 2.36. The molecule has 0 saturated carbocycles. The van der Waals surface area contributed by atoms with Gasteiger partial charge in [-0.3, -0.25) is 4.79 Å². The third-order valence-electron chi connectivity index (χ3n) is 5.94. The van der Waals surface area contributed by atoms with Crippen LogP contribution in [0.4, 0.5) is 0 Å². The van der Waals surface area contributed by atoms with Gasteiger partial charge >= 0.3 is 0 Å². The van der Waals surface area contributed by atoms with Crippen molar-refractivity contribution in [3.63, 3.8) is 0 Å². The van der Waals surface area contributed by atoms with Gasteiger partial charge in [-0.15, -0.1) is 0 Å². The summed E-state index contributed by atoms with van der Waals surface area (Å²) in [5.74, 6) is 0.657. The van der Waals surface area contributed by atoms with Gasteiger partial charge in [0.25, 0.3) is 5.91 Å². The van der Waals surface area contributed by atoms with Crippen molar-refractivity contribution in [2.75, 3.05) is 13.7 Å². The predicted molar refractivity (Wildman–Crippen MR) is 128 cm³/mol. The summed E-state index contributed by atoms with van der Waals surface area (Å²) in [5, 5.41) is 0. The van der Waals surface area contributed by atoms with Gasteiger partial charge in [0.05, 0.1) is 12.0 Å². The number of hydrogen-bond acceptors (Lipinski definition) is 4. The van der Waals surface area contributed by atoms with Gasteiger partial charge in [-0.05, 0) is 60.7 Å². The lowest BCUT2D eigenvalue weighted by Crippen LogP contribution is -2.37. The van der Waals surface area contributed by atoms with Crippen molar-refractivity contribution < 1.29 is 17.9 Å². The summed E-state index contributed by atoms with van der Waals surface area (Å²) in [6.07, 6.45) is 2.58. The topological polar surface area (TPSA) is 75.7 Å². The molecule has 33 heavy (non-hydrogen) atoms. The predicted octanol–water partition coefficient (Wildman–Crippen LogP) is 4.02. The Balaban J connectivity index is 1.48. The minimum absolute atomic E-state index is 0.0704. The second-order valence-corrected chi connectivity index (χ2v) is 9.96. The fraction of sp³-hybridized carbons (Fsp3) is 0.269. The number of nitrogens with one attached hydrogen (secondary N) is 1. The molecule has 7 heteroatoms. The maximum absolute atomic E-state index is 13.3. The van der Waals surface area contributed by atoms with E-state index in [2.05, 4.69) is 4.72 Å². The Morgan fingerprint density at radius 3 is 2.55 bits per heavy atom. The zero-order chi connectivity index (χ0) is 23.3. The van der Waals surface area contributed by atoms with Crippen LogP contribution in [-0.2, 0) is 23.0 Å². The molecule has 4 rings (SSSR count). The first-order chi connectivity index (χ1) is 16.0. The van der Waals surface area contributed by atoms with Gasteiger partial charge in [0.15, 0.2) is 0 Å². The first-order valence-electron chi connectivity index (χ1n) is 11.0. The summed E-state index contributed by atoms with van der Waals surface area (Å²) >= 11 is 0. The second kappa shape index (κ2) is 10.2. The molecule has 0 radical (unpaired) electrons. The van der Waals surface area contributed by atoms with Crippen LogP contribution in [0.2, 0.25) is 0 Å². The molecule has 1 saturated heterocycles. The largest absolute Gasteiger partial charge is 0.497 e. The van der Waals surface area contributed by atoms with E-state index in [-0.39, 0.29) is 23.4 Å². The zero-order valence-electron chi connectivity index (χ0n) is 18.6. The standard InChI is InChI=1S/C26H28N2O4S/c1-32-24-13-5-10-21(17-24)16-23-12-7-15-28(23)26(29)22-11-6-14-25(18-22)33(30,31)27-19-20-8-3-2-4-9-20/h2-6,8-11,13-14,17-18,23,27H,7,12,15-16,19H2,1H3. The summed E-state index contributed by atoms with van der Waals surface area (Å²) in [4.78, 5) is 15.3. The van der Waals surface area contributed by atoms with Gasteiger partial charge in [-0.2, -0.15) is 0 Å². The number of likely N-dealkylation sites (tertiary alicyclic amines) is 1. The maximum Gasteiger partial charge on any atom is 0.254 e. The van der Waals surface area contributed by atoms with Crippen molar-refractivity contribution in [3.8, 4) is 5.75 Å². The molecular formula is C26H28N2O4S. The van der Waals surface area contributed by atoms with Gasteiger partial charge in [0.2, 0.25) is 10.0 Å². The van der Waals surface area contributed by atoms with E-state index in [1.807, 2.05) is 59.5 Å². The number of nitrogens with zero attached hydrogens (tertiary/aromatic N) is 1. The van der Waals surface area contributed by atoms with Crippen LogP contribution < -0.4 is 9.46 Å². The molecule has 1 amide bonds. The molecule has 1 heterocycles. The monoisotopic (exact) mass is 464 g/mol. The summed E-state index contributed by atoms with van der Waals surface area (Å²) in [6.45, 7) is 0.854. The zero-order valence-corrected chi connectivity index (χ0v) is 19.4. The summed E-state index contributed by atoms with van der Waals surface area (Å²) in [7, 11) is -2.10. The molecule has 0 aromatic heterocycles. The van der Waals surface area contributed by atoms with Crippen LogP contribution in [0, 0.1) is 0 Å². The van der Waals surface area contributed by atoms with Crippen LogP contribution in [0.1, 0.15) is 34.3 Å². The van der Waals surface area contributed by atoms with E-state index in [1.165, 1.54) is 12.1 Å². The van der Waals surface area contributed by atoms with E-state index in [0.29, 0.717) is 12.1 Å².